The average Bonchev–Trinajstić information content (AvgIpc) is 2.64. The van der Waals surface area contributed by atoms with Crippen LogP contribution in [-0.2, 0) is 0 Å². The Labute approximate surface area is 239 Å². The molecular formula is C24H33B3F12O3. The molecule has 240 valence electrons. The van der Waals surface area contributed by atoms with Gasteiger partial charge >= 0.3 is 57.2 Å². The number of aryl methyl sites for hydroxylation is 9. The lowest BCUT2D eigenvalue weighted by atomic mass is 10.2. The van der Waals surface area contributed by atoms with Crippen molar-refractivity contribution in [3.63, 3.8) is 0 Å². The van der Waals surface area contributed by atoms with Gasteiger partial charge in [-0.1, -0.05) is 0 Å². The van der Waals surface area contributed by atoms with Crippen LogP contribution in [0.5, 0.6) is 0 Å². The maximum Gasteiger partial charge on any atom is 0.762 e. The van der Waals surface area contributed by atoms with Gasteiger partial charge in [-0.25, -0.2) is 13.3 Å². The minimum Gasteiger partial charge on any atom is -1.00 e. The number of rotatable bonds is 0. The second-order valence-electron chi connectivity index (χ2n) is 7.81. The van der Waals surface area contributed by atoms with E-state index in [0.717, 1.165) is 34.6 Å². The lowest BCUT2D eigenvalue weighted by molar-refractivity contribution is -0.00100. The lowest BCUT2D eigenvalue weighted by Gasteiger charge is -1.84. The van der Waals surface area contributed by atoms with Gasteiger partial charge < -0.3 is 14.1 Å². The Hall–Kier alpha value is -3.20. The van der Waals surface area contributed by atoms with Crippen LogP contribution < -0.4 is 14.1 Å². The molecule has 3 aromatic rings. The third-order valence-electron chi connectivity index (χ3n) is 3.55. The van der Waals surface area contributed by atoms with E-state index in [1.807, 2.05) is 77.9 Å². The third kappa shape index (κ3) is 43.8. The molecule has 0 aromatic carbocycles. The lowest BCUT2D eigenvalue weighted by Crippen LogP contribution is -3.00. The smallest absolute Gasteiger partial charge is 0.762 e. The van der Waals surface area contributed by atoms with Crippen LogP contribution in [0.25, 0.3) is 0 Å². The van der Waals surface area contributed by atoms with Crippen molar-refractivity contribution in [1.29, 1.82) is 0 Å². The summed E-state index contributed by atoms with van der Waals surface area (Å²) >= 11 is 0. The van der Waals surface area contributed by atoms with Crippen molar-refractivity contribution in [2.24, 2.45) is 0 Å². The van der Waals surface area contributed by atoms with Crippen LogP contribution in [0.2, 0.25) is 0 Å². The molecule has 0 bridgehead atoms. The largest absolute Gasteiger partial charge is 1.00 e. The maximum absolute atomic E-state index is 9.67. The summed E-state index contributed by atoms with van der Waals surface area (Å²) in [6, 6.07) is 12.1. The summed E-state index contributed by atoms with van der Waals surface area (Å²) in [6.45, 7) is 17.9. The van der Waals surface area contributed by atoms with E-state index in [1.165, 1.54) is 16.7 Å². The van der Waals surface area contributed by atoms with Crippen LogP contribution in [0, 0.1) is 62.3 Å². The molecule has 3 nitrogen and oxygen atoms in total. The van der Waals surface area contributed by atoms with Gasteiger partial charge in [0.25, 0.3) is 0 Å². The first-order valence-electron chi connectivity index (χ1n) is 11.2. The van der Waals surface area contributed by atoms with Gasteiger partial charge in [0.1, 0.15) is 0 Å². The van der Waals surface area contributed by atoms with Crippen LogP contribution in [0.4, 0.5) is 38.8 Å². The summed E-state index contributed by atoms with van der Waals surface area (Å²) in [5.74, 6) is 5.88. The molecule has 0 spiro atoms. The van der Waals surface area contributed by atoms with E-state index < -0.39 is 22.6 Å². The molecule has 0 saturated carbocycles. The minimum absolute atomic E-state index is 0. The Bertz CT molecular complexity index is 775. The molecule has 0 saturated heterocycles. The second-order valence-corrected chi connectivity index (χ2v) is 7.81. The number of halogens is 12. The van der Waals surface area contributed by atoms with Crippen LogP contribution in [-0.4, -0.2) is 22.6 Å². The summed E-state index contributed by atoms with van der Waals surface area (Å²) in [7, 11) is -11.0. The zero-order chi connectivity index (χ0) is 31.3. The standard InChI is InChI=1S/3C8H11O.3BF3.3FH/c3*1-6-4-7(2)9-8(3)5-6;3*2-1(3)4;;;/h3*4-5H,1-3H3;;;;3*1H/q3*+1;;;;;;/p-3/i1+1,2+1,3+1,4+1,5+1,6+1,7+1,8+1;1+1,4+1,5+1,6+1;;;;;;;. The first kappa shape index (κ1) is 51.5. The Kier molecular flexibility index (Phi) is 36.0. The Balaban J connectivity index is -0.0000000950. The first-order chi connectivity index (χ1) is 17.7. The zero-order valence-corrected chi connectivity index (χ0v) is 24.5. The van der Waals surface area contributed by atoms with E-state index in [0.29, 0.717) is 0 Å². The topological polar surface area (TPSA) is 33.9 Å². The predicted molar refractivity (Wildman–Crippen MR) is 139 cm³/mol. The minimum atomic E-state index is -3.67. The van der Waals surface area contributed by atoms with Crippen molar-refractivity contribution in [3.05, 3.63) is 87.7 Å². The fourth-order valence-electron chi connectivity index (χ4n) is 2.99. The number of hydrogen-bond donors (Lipinski definition) is 0. The molecule has 0 aliphatic heterocycles. The molecule has 0 radical (unpaired) electrons. The van der Waals surface area contributed by atoms with Crippen molar-refractivity contribution in [3.8, 4) is 0 Å². The van der Waals surface area contributed by atoms with Gasteiger partial charge in [0.2, 0.25) is 0 Å². The van der Waals surface area contributed by atoms with E-state index in [-0.39, 0.29) is 14.1 Å². The predicted octanol–water partition coefficient (Wildman–Crippen LogP) is 1.11. The molecular weight excluding hydrogens is 609 g/mol. The van der Waals surface area contributed by atoms with E-state index in [1.54, 1.807) is 0 Å². The van der Waals surface area contributed by atoms with E-state index >= 15 is 0 Å². The molecule has 3 heterocycles. The van der Waals surface area contributed by atoms with Crippen LogP contribution >= 0.6 is 0 Å². The molecule has 0 amide bonds. The fourth-order valence-corrected chi connectivity index (χ4v) is 2.99. The van der Waals surface area contributed by atoms with Gasteiger partial charge in [-0.05, 0) is 37.5 Å². The quantitative estimate of drug-likeness (QED) is 0.160. The molecule has 18 heteroatoms. The molecule has 0 unspecified atom stereocenters. The summed E-state index contributed by atoms with van der Waals surface area (Å²) in [5, 5.41) is 0. The van der Waals surface area contributed by atoms with Crippen molar-refractivity contribution >= 4 is 22.6 Å². The van der Waals surface area contributed by atoms with E-state index in [9.17, 15) is 38.8 Å². The van der Waals surface area contributed by atoms with Crippen molar-refractivity contribution in [1.82, 2.24) is 0 Å². The van der Waals surface area contributed by atoms with Gasteiger partial charge in [-0.3, -0.25) is 38.8 Å². The summed E-state index contributed by atoms with van der Waals surface area (Å²) < 4.78 is 103. The van der Waals surface area contributed by atoms with Crippen molar-refractivity contribution in [2.75, 3.05) is 0 Å². The van der Waals surface area contributed by atoms with Crippen molar-refractivity contribution in [2.45, 2.75) is 62.3 Å². The van der Waals surface area contributed by atoms with E-state index in [4.69, 9.17) is 13.3 Å². The highest BCUT2D eigenvalue weighted by Gasteiger charge is 2.07. The van der Waals surface area contributed by atoms with E-state index in [2.05, 4.69) is 20.8 Å². The second kappa shape index (κ2) is 29.3. The van der Waals surface area contributed by atoms with Gasteiger partial charge in [-0.15, -0.1) is 0 Å². The molecule has 0 atom stereocenters. The molecule has 3 aromatic heterocycles. The van der Waals surface area contributed by atoms with Gasteiger partial charge in [0, 0.05) is 36.4 Å². The Morgan fingerprint density at radius 1 is 0.333 bits per heavy atom. The third-order valence-corrected chi connectivity index (χ3v) is 3.55. The normalized spacial score (nSPS) is 8.14. The molecule has 0 fully saturated rings. The fraction of sp³-hybridized carbons (Fsp3) is 0.375. The van der Waals surface area contributed by atoms with Gasteiger partial charge in [0.15, 0.2) is 0 Å². The highest BCUT2D eigenvalue weighted by molar-refractivity contribution is 6.33. The summed E-state index contributed by atoms with van der Waals surface area (Å²) in [6.07, 6.45) is 0. The molecule has 0 aliphatic carbocycles. The zero-order valence-electron chi connectivity index (χ0n) is 24.5. The highest BCUT2D eigenvalue weighted by Crippen LogP contribution is 2.07. The molecule has 0 aliphatic rings. The van der Waals surface area contributed by atoms with Crippen LogP contribution in [0.3, 0.4) is 0 Å². The van der Waals surface area contributed by atoms with Crippen LogP contribution in [0.1, 0.15) is 51.3 Å². The first-order valence-corrected chi connectivity index (χ1v) is 11.2. The van der Waals surface area contributed by atoms with Gasteiger partial charge in [-0.2, -0.15) is 0 Å². The SMILES string of the molecule is Cc1[13cH][13c]([13CH3])[13cH]c(C)[o+]1.Cc1cc(C)[o+]c(C)c1.FB(F)F.FB(F)F.FB(F)F.[13CH3][13c]1[13cH][13c]([13CH3])[o+][13c]([13CH3])[13cH]1.[F-].[F-].[F-]. The Morgan fingerprint density at radius 3 is 0.500 bits per heavy atom. The maximum atomic E-state index is 9.67. The highest BCUT2D eigenvalue weighted by atomic mass is 19.4. The molecule has 42 heavy (non-hydrogen) atoms. The monoisotopic (exact) mass is 642 g/mol. The molecule has 3 rings (SSSR count). The van der Waals surface area contributed by atoms with Gasteiger partial charge in [0.05, 0.1) is 41.5 Å². The molecule has 0 N–H and O–H groups in total. The van der Waals surface area contributed by atoms with Crippen molar-refractivity contribution < 1.29 is 66.2 Å². The van der Waals surface area contributed by atoms with Crippen LogP contribution in [0.15, 0.2) is 49.6 Å². The summed E-state index contributed by atoms with van der Waals surface area (Å²) in [4.78, 5) is 0. The summed E-state index contributed by atoms with van der Waals surface area (Å²) in [5.41, 5.74) is 3.78. The Morgan fingerprint density at radius 2 is 0.429 bits per heavy atom. The number of hydrogen-bond acceptors (Lipinski definition) is 0. The average molecular weight is 642 g/mol.